The molecule has 0 fully saturated rings. The Bertz CT molecular complexity index is 545. The lowest BCUT2D eigenvalue weighted by Gasteiger charge is -2.11. The third-order valence-electron chi connectivity index (χ3n) is 2.75. The molecule has 1 unspecified atom stereocenters. The normalized spacial score (nSPS) is 12.3. The summed E-state index contributed by atoms with van der Waals surface area (Å²) in [5, 5.41) is 7.03. The largest absolute Gasteiger partial charge is 0.481 e. The SMILES string of the molecule is CNC(COC)Cc1nc(-c2cc(OC)ncn2)no1. The fraction of sp³-hybridized carbons (Fsp3) is 0.500. The smallest absolute Gasteiger partial charge is 0.228 e. The number of rotatable bonds is 7. The first-order valence-corrected chi connectivity index (χ1v) is 6.12. The van der Waals surface area contributed by atoms with E-state index < -0.39 is 0 Å². The maximum absolute atomic E-state index is 5.21. The Kier molecular flexibility index (Phi) is 4.97. The molecule has 0 aliphatic rings. The summed E-state index contributed by atoms with van der Waals surface area (Å²) >= 11 is 0. The number of hydrogen-bond donors (Lipinski definition) is 1. The Morgan fingerprint density at radius 1 is 1.35 bits per heavy atom. The van der Waals surface area contributed by atoms with Crippen LogP contribution in [0.3, 0.4) is 0 Å². The molecule has 0 amide bonds. The lowest BCUT2D eigenvalue weighted by molar-refractivity contribution is 0.165. The Labute approximate surface area is 116 Å². The predicted molar refractivity (Wildman–Crippen MR) is 70.3 cm³/mol. The van der Waals surface area contributed by atoms with Crippen LogP contribution in [0.4, 0.5) is 0 Å². The van der Waals surface area contributed by atoms with E-state index in [0.29, 0.717) is 36.3 Å². The molecule has 0 aliphatic carbocycles. The van der Waals surface area contributed by atoms with Crippen LogP contribution in [-0.4, -0.2) is 54.0 Å². The zero-order chi connectivity index (χ0) is 14.4. The van der Waals surface area contributed by atoms with E-state index >= 15 is 0 Å². The molecular formula is C12H17N5O3. The molecule has 108 valence electrons. The number of nitrogens with one attached hydrogen (secondary N) is 1. The summed E-state index contributed by atoms with van der Waals surface area (Å²) in [7, 11) is 5.04. The van der Waals surface area contributed by atoms with Gasteiger partial charge in [-0.3, -0.25) is 0 Å². The molecule has 0 aromatic carbocycles. The van der Waals surface area contributed by atoms with Crippen LogP contribution >= 0.6 is 0 Å². The van der Waals surface area contributed by atoms with Crippen LogP contribution < -0.4 is 10.1 Å². The number of methoxy groups -OCH3 is 2. The van der Waals surface area contributed by atoms with Crippen molar-refractivity contribution < 1.29 is 14.0 Å². The van der Waals surface area contributed by atoms with Crippen LogP contribution in [0.1, 0.15) is 5.89 Å². The highest BCUT2D eigenvalue weighted by molar-refractivity contribution is 5.49. The fourth-order valence-corrected chi connectivity index (χ4v) is 1.67. The van der Waals surface area contributed by atoms with E-state index in [4.69, 9.17) is 14.0 Å². The quantitative estimate of drug-likeness (QED) is 0.773. The second-order valence-electron chi connectivity index (χ2n) is 4.10. The molecule has 2 rings (SSSR count). The van der Waals surface area contributed by atoms with Gasteiger partial charge in [-0.1, -0.05) is 5.16 Å². The lowest BCUT2D eigenvalue weighted by atomic mass is 10.2. The first-order valence-electron chi connectivity index (χ1n) is 6.12. The van der Waals surface area contributed by atoms with Gasteiger partial charge in [0.1, 0.15) is 12.0 Å². The predicted octanol–water partition coefficient (Wildman–Crippen LogP) is 0.312. The minimum absolute atomic E-state index is 0.119. The average Bonchev–Trinajstić information content (AvgIpc) is 2.95. The number of ether oxygens (including phenoxy) is 2. The van der Waals surface area contributed by atoms with E-state index in [9.17, 15) is 0 Å². The minimum atomic E-state index is 0.119. The van der Waals surface area contributed by atoms with Gasteiger partial charge in [-0.25, -0.2) is 9.97 Å². The number of hydrogen-bond acceptors (Lipinski definition) is 8. The van der Waals surface area contributed by atoms with E-state index in [2.05, 4.69) is 25.4 Å². The summed E-state index contributed by atoms with van der Waals surface area (Å²) in [6.07, 6.45) is 1.98. The maximum atomic E-state index is 5.21. The Morgan fingerprint density at radius 3 is 2.90 bits per heavy atom. The van der Waals surface area contributed by atoms with Crippen LogP contribution in [0.2, 0.25) is 0 Å². The van der Waals surface area contributed by atoms with Gasteiger partial charge in [-0.05, 0) is 7.05 Å². The molecule has 0 saturated heterocycles. The van der Waals surface area contributed by atoms with Crippen molar-refractivity contribution in [2.45, 2.75) is 12.5 Å². The van der Waals surface area contributed by atoms with Crippen molar-refractivity contribution in [3.05, 3.63) is 18.3 Å². The van der Waals surface area contributed by atoms with Crippen molar-refractivity contribution in [2.24, 2.45) is 0 Å². The zero-order valence-corrected chi connectivity index (χ0v) is 11.7. The molecule has 2 heterocycles. The molecule has 0 spiro atoms. The summed E-state index contributed by atoms with van der Waals surface area (Å²) < 4.78 is 15.3. The Morgan fingerprint density at radius 2 is 2.20 bits per heavy atom. The maximum Gasteiger partial charge on any atom is 0.228 e. The first-order chi connectivity index (χ1) is 9.76. The second kappa shape index (κ2) is 6.92. The van der Waals surface area contributed by atoms with Crippen LogP contribution in [0.25, 0.3) is 11.5 Å². The third-order valence-corrected chi connectivity index (χ3v) is 2.75. The number of aromatic nitrogens is 4. The van der Waals surface area contributed by atoms with Gasteiger partial charge in [0.05, 0.1) is 13.7 Å². The summed E-state index contributed by atoms with van der Waals surface area (Å²) in [6, 6.07) is 1.77. The topological polar surface area (TPSA) is 95.2 Å². The van der Waals surface area contributed by atoms with Gasteiger partial charge in [0.25, 0.3) is 0 Å². The van der Waals surface area contributed by atoms with Gasteiger partial charge in [-0.15, -0.1) is 0 Å². The van der Waals surface area contributed by atoms with Crippen LogP contribution in [-0.2, 0) is 11.2 Å². The molecule has 8 nitrogen and oxygen atoms in total. The zero-order valence-electron chi connectivity index (χ0n) is 11.7. The van der Waals surface area contributed by atoms with Crippen LogP contribution in [0, 0.1) is 0 Å². The summed E-state index contributed by atoms with van der Waals surface area (Å²) in [5.74, 6) is 1.38. The molecule has 0 aliphatic heterocycles. The summed E-state index contributed by atoms with van der Waals surface area (Å²) in [4.78, 5) is 12.3. The van der Waals surface area contributed by atoms with Crippen LogP contribution in [0.15, 0.2) is 16.9 Å². The molecule has 0 radical (unpaired) electrons. The van der Waals surface area contributed by atoms with Crippen molar-refractivity contribution in [1.29, 1.82) is 0 Å². The number of likely N-dealkylation sites (N-methyl/N-ethyl adjacent to an activating group) is 1. The van der Waals surface area contributed by atoms with Gasteiger partial charge in [0.15, 0.2) is 0 Å². The fourth-order valence-electron chi connectivity index (χ4n) is 1.67. The average molecular weight is 279 g/mol. The molecule has 0 saturated carbocycles. The lowest BCUT2D eigenvalue weighted by Crippen LogP contribution is -2.32. The molecule has 8 heteroatoms. The highest BCUT2D eigenvalue weighted by atomic mass is 16.5. The first kappa shape index (κ1) is 14.4. The molecule has 2 aromatic heterocycles. The van der Waals surface area contributed by atoms with Crippen LogP contribution in [0.5, 0.6) is 5.88 Å². The number of nitrogens with zero attached hydrogens (tertiary/aromatic N) is 4. The van der Waals surface area contributed by atoms with Gasteiger partial charge >= 0.3 is 0 Å². The van der Waals surface area contributed by atoms with Crippen molar-refractivity contribution >= 4 is 0 Å². The van der Waals surface area contributed by atoms with E-state index in [-0.39, 0.29) is 6.04 Å². The third kappa shape index (κ3) is 3.49. The van der Waals surface area contributed by atoms with E-state index in [0.717, 1.165) is 0 Å². The van der Waals surface area contributed by atoms with E-state index in [1.165, 1.54) is 13.4 Å². The molecule has 0 bridgehead atoms. The van der Waals surface area contributed by atoms with E-state index in [1.54, 1.807) is 13.2 Å². The van der Waals surface area contributed by atoms with Gasteiger partial charge in [-0.2, -0.15) is 4.98 Å². The van der Waals surface area contributed by atoms with Gasteiger partial charge in [0.2, 0.25) is 17.6 Å². The molecule has 20 heavy (non-hydrogen) atoms. The monoisotopic (exact) mass is 279 g/mol. The van der Waals surface area contributed by atoms with E-state index in [1.807, 2.05) is 7.05 Å². The Balaban J connectivity index is 2.11. The summed E-state index contributed by atoms with van der Waals surface area (Å²) in [5.41, 5.74) is 0.555. The molecule has 1 atom stereocenters. The van der Waals surface area contributed by atoms with Crippen molar-refractivity contribution in [3.63, 3.8) is 0 Å². The van der Waals surface area contributed by atoms with Crippen molar-refractivity contribution in [1.82, 2.24) is 25.4 Å². The molecule has 2 aromatic rings. The van der Waals surface area contributed by atoms with Crippen molar-refractivity contribution in [2.75, 3.05) is 27.9 Å². The minimum Gasteiger partial charge on any atom is -0.481 e. The van der Waals surface area contributed by atoms with Crippen molar-refractivity contribution in [3.8, 4) is 17.4 Å². The second-order valence-corrected chi connectivity index (χ2v) is 4.10. The summed E-state index contributed by atoms with van der Waals surface area (Å²) in [6.45, 7) is 0.565. The highest BCUT2D eigenvalue weighted by Crippen LogP contribution is 2.16. The molecular weight excluding hydrogens is 262 g/mol. The van der Waals surface area contributed by atoms with Gasteiger partial charge < -0.3 is 19.3 Å². The van der Waals surface area contributed by atoms with Gasteiger partial charge in [0, 0.05) is 25.6 Å². The standard InChI is InChI=1S/C12H17N5O3/c1-13-8(6-18-2)4-11-16-12(17-20-11)9-5-10(19-3)15-7-14-9/h5,7-8,13H,4,6H2,1-3H3. The highest BCUT2D eigenvalue weighted by Gasteiger charge is 2.15. The Hall–Kier alpha value is -2.06. The molecule has 1 N–H and O–H groups in total.